The highest BCUT2D eigenvalue weighted by Crippen LogP contribution is 2.25. The number of pyridine rings is 1. The van der Waals surface area contributed by atoms with Gasteiger partial charge in [0.1, 0.15) is 0 Å². The van der Waals surface area contributed by atoms with E-state index in [1.807, 2.05) is 29.0 Å². The number of rotatable bonds is 5. The van der Waals surface area contributed by atoms with Gasteiger partial charge >= 0.3 is 0 Å². The summed E-state index contributed by atoms with van der Waals surface area (Å²) < 4.78 is 1.05. The third-order valence-corrected chi connectivity index (χ3v) is 4.77. The summed E-state index contributed by atoms with van der Waals surface area (Å²) in [5.74, 6) is 0. The molecule has 0 amide bonds. The van der Waals surface area contributed by atoms with Crippen molar-refractivity contribution in [2.75, 3.05) is 6.54 Å². The molecule has 3 nitrogen and oxygen atoms in total. The average Bonchev–Trinajstić information content (AvgIpc) is 3.04. The van der Waals surface area contributed by atoms with Crippen molar-refractivity contribution in [3.63, 3.8) is 0 Å². The van der Waals surface area contributed by atoms with E-state index in [1.165, 1.54) is 0 Å². The Labute approximate surface area is 135 Å². The van der Waals surface area contributed by atoms with Gasteiger partial charge in [0.05, 0.1) is 11.6 Å². The number of benzene rings is 1. The highest BCUT2D eigenvalue weighted by Gasteiger charge is 2.09. The van der Waals surface area contributed by atoms with Gasteiger partial charge in [0.15, 0.2) is 0 Å². The van der Waals surface area contributed by atoms with E-state index in [-0.39, 0.29) is 0 Å². The first kappa shape index (κ1) is 14.7. The van der Waals surface area contributed by atoms with Gasteiger partial charge in [-0.15, -0.1) is 0 Å². The molecule has 0 fully saturated rings. The van der Waals surface area contributed by atoms with Crippen LogP contribution >= 0.6 is 27.3 Å². The van der Waals surface area contributed by atoms with Crippen molar-refractivity contribution in [3.05, 3.63) is 62.9 Å². The van der Waals surface area contributed by atoms with Crippen molar-refractivity contribution >= 4 is 38.2 Å². The minimum atomic E-state index is -0.467. The summed E-state index contributed by atoms with van der Waals surface area (Å²) in [6, 6.07) is 10.0. The first-order valence-corrected chi connectivity index (χ1v) is 8.42. The van der Waals surface area contributed by atoms with Crippen molar-refractivity contribution in [2.45, 2.75) is 12.6 Å². The number of hydrogen-bond donors (Lipinski definition) is 2. The van der Waals surface area contributed by atoms with E-state index in [1.54, 1.807) is 17.5 Å². The van der Waals surface area contributed by atoms with E-state index in [0.717, 1.165) is 26.5 Å². The lowest BCUT2D eigenvalue weighted by Gasteiger charge is -2.12. The number of hydrogen-bond acceptors (Lipinski definition) is 4. The third kappa shape index (κ3) is 3.32. The van der Waals surface area contributed by atoms with Crippen molar-refractivity contribution < 1.29 is 5.11 Å². The first-order valence-electron chi connectivity index (χ1n) is 6.68. The van der Waals surface area contributed by atoms with E-state index in [4.69, 9.17) is 0 Å². The van der Waals surface area contributed by atoms with Crippen molar-refractivity contribution in [2.24, 2.45) is 0 Å². The molecule has 0 aliphatic carbocycles. The minimum absolute atomic E-state index is 0.467. The number of nitrogens with one attached hydrogen (secondary N) is 1. The van der Waals surface area contributed by atoms with Gasteiger partial charge < -0.3 is 10.4 Å². The van der Waals surface area contributed by atoms with Gasteiger partial charge in [-0.25, -0.2) is 0 Å². The molecule has 0 aliphatic heterocycles. The second-order valence-electron chi connectivity index (χ2n) is 4.81. The summed E-state index contributed by atoms with van der Waals surface area (Å²) in [4.78, 5) is 4.46. The fourth-order valence-electron chi connectivity index (χ4n) is 2.27. The second kappa shape index (κ2) is 6.66. The molecule has 0 radical (unpaired) electrons. The van der Waals surface area contributed by atoms with Gasteiger partial charge in [-0.1, -0.05) is 28.1 Å². The van der Waals surface area contributed by atoms with Crippen LogP contribution in [0.4, 0.5) is 0 Å². The Morgan fingerprint density at radius 3 is 3.00 bits per heavy atom. The van der Waals surface area contributed by atoms with Gasteiger partial charge in [-0.05, 0) is 40.1 Å². The Bertz CT molecular complexity index is 730. The maximum atomic E-state index is 10.1. The zero-order chi connectivity index (χ0) is 14.7. The van der Waals surface area contributed by atoms with Crippen LogP contribution in [0.3, 0.4) is 0 Å². The fraction of sp³-hybridized carbons (Fsp3) is 0.188. The average molecular weight is 363 g/mol. The molecule has 0 saturated carbocycles. The number of aliphatic hydroxyl groups is 1. The predicted molar refractivity (Wildman–Crippen MR) is 90.4 cm³/mol. The van der Waals surface area contributed by atoms with E-state index in [0.29, 0.717) is 13.1 Å². The topological polar surface area (TPSA) is 45.1 Å². The van der Waals surface area contributed by atoms with Crippen molar-refractivity contribution in [3.8, 4) is 0 Å². The number of fused-ring (bicyclic) bond motifs is 1. The van der Waals surface area contributed by atoms with E-state index < -0.39 is 6.10 Å². The lowest BCUT2D eigenvalue weighted by molar-refractivity contribution is 0.175. The molecule has 0 aliphatic rings. The summed E-state index contributed by atoms with van der Waals surface area (Å²) >= 11 is 5.15. The number of aliphatic hydroxyl groups excluding tert-OH is 1. The molecule has 2 aromatic heterocycles. The molecule has 1 atom stereocenters. The van der Waals surface area contributed by atoms with Crippen LogP contribution in [0.5, 0.6) is 0 Å². The number of halogens is 1. The molecule has 2 N–H and O–H groups in total. The molecule has 1 aromatic carbocycles. The summed E-state index contributed by atoms with van der Waals surface area (Å²) in [7, 11) is 0. The normalized spacial score (nSPS) is 12.7. The molecule has 21 heavy (non-hydrogen) atoms. The minimum Gasteiger partial charge on any atom is -0.387 e. The highest BCUT2D eigenvalue weighted by atomic mass is 79.9. The molecular weight excluding hydrogens is 348 g/mol. The standard InChI is InChI=1S/C16H15BrN2OS/c17-14-4-3-11(16-13(14)2-1-6-19-16)8-18-9-15(20)12-5-7-21-10-12/h1-7,10,15,18,20H,8-9H2. The molecule has 3 aromatic rings. The van der Waals surface area contributed by atoms with E-state index in [2.05, 4.69) is 38.4 Å². The van der Waals surface area contributed by atoms with E-state index in [9.17, 15) is 5.11 Å². The summed E-state index contributed by atoms with van der Waals surface area (Å²) in [6.07, 6.45) is 1.34. The number of nitrogens with zero attached hydrogens (tertiary/aromatic N) is 1. The largest absolute Gasteiger partial charge is 0.387 e. The number of thiophene rings is 1. The third-order valence-electron chi connectivity index (χ3n) is 3.38. The van der Waals surface area contributed by atoms with E-state index >= 15 is 0 Å². The Morgan fingerprint density at radius 1 is 1.29 bits per heavy atom. The Morgan fingerprint density at radius 2 is 2.19 bits per heavy atom. The summed E-state index contributed by atoms with van der Waals surface area (Å²) in [6.45, 7) is 1.21. The van der Waals surface area contributed by atoms with Crippen LogP contribution < -0.4 is 5.32 Å². The molecule has 0 saturated heterocycles. The van der Waals surface area contributed by atoms with Crippen LogP contribution in [-0.2, 0) is 6.54 Å². The molecule has 0 bridgehead atoms. The predicted octanol–water partition coefficient (Wildman–Crippen LogP) is 3.88. The van der Waals surface area contributed by atoms with Crippen LogP contribution in [0.25, 0.3) is 10.9 Å². The highest BCUT2D eigenvalue weighted by molar-refractivity contribution is 9.10. The Balaban J connectivity index is 1.70. The summed E-state index contributed by atoms with van der Waals surface area (Å²) in [5, 5.41) is 18.4. The Kier molecular flexibility index (Phi) is 4.65. The smallest absolute Gasteiger partial charge is 0.0922 e. The van der Waals surface area contributed by atoms with Crippen LogP contribution in [0.15, 0.2) is 51.8 Å². The molecule has 1 unspecified atom stereocenters. The van der Waals surface area contributed by atoms with Gasteiger partial charge in [0.2, 0.25) is 0 Å². The van der Waals surface area contributed by atoms with Crippen LogP contribution in [0.1, 0.15) is 17.2 Å². The maximum absolute atomic E-state index is 10.1. The molecular formula is C16H15BrN2OS. The molecule has 108 valence electrons. The lowest BCUT2D eigenvalue weighted by Crippen LogP contribution is -2.21. The van der Waals surface area contributed by atoms with Gasteiger partial charge in [0, 0.05) is 29.1 Å². The van der Waals surface area contributed by atoms with Crippen LogP contribution in [0, 0.1) is 0 Å². The van der Waals surface area contributed by atoms with Gasteiger partial charge in [-0.3, -0.25) is 4.98 Å². The quantitative estimate of drug-likeness (QED) is 0.723. The fourth-order valence-corrected chi connectivity index (χ4v) is 3.42. The molecule has 2 heterocycles. The lowest BCUT2D eigenvalue weighted by atomic mass is 10.1. The SMILES string of the molecule is OC(CNCc1ccc(Br)c2cccnc12)c1ccsc1. The molecule has 3 rings (SSSR count). The van der Waals surface area contributed by atoms with Crippen LogP contribution in [-0.4, -0.2) is 16.6 Å². The van der Waals surface area contributed by atoms with Crippen molar-refractivity contribution in [1.82, 2.24) is 10.3 Å². The van der Waals surface area contributed by atoms with Gasteiger partial charge in [-0.2, -0.15) is 11.3 Å². The zero-order valence-electron chi connectivity index (χ0n) is 11.3. The number of aromatic nitrogens is 1. The monoisotopic (exact) mass is 362 g/mol. The zero-order valence-corrected chi connectivity index (χ0v) is 13.7. The first-order chi connectivity index (χ1) is 10.3. The molecule has 0 spiro atoms. The van der Waals surface area contributed by atoms with Gasteiger partial charge in [0.25, 0.3) is 0 Å². The second-order valence-corrected chi connectivity index (χ2v) is 6.44. The van der Waals surface area contributed by atoms with Crippen LogP contribution in [0.2, 0.25) is 0 Å². The Hall–Kier alpha value is -1.27. The van der Waals surface area contributed by atoms with Crippen molar-refractivity contribution in [1.29, 1.82) is 0 Å². The molecule has 5 heteroatoms. The maximum Gasteiger partial charge on any atom is 0.0922 e. The summed E-state index contributed by atoms with van der Waals surface area (Å²) in [5.41, 5.74) is 3.09.